The maximum absolute atomic E-state index is 5.67. The van der Waals surface area contributed by atoms with Crippen molar-refractivity contribution in [3.8, 4) is 5.75 Å². The molecule has 0 spiro atoms. The van der Waals surface area contributed by atoms with Crippen molar-refractivity contribution in [3.63, 3.8) is 0 Å². The predicted molar refractivity (Wildman–Crippen MR) is 69.9 cm³/mol. The van der Waals surface area contributed by atoms with Crippen LogP contribution in [0.15, 0.2) is 28.7 Å². The van der Waals surface area contributed by atoms with Gasteiger partial charge in [-0.1, -0.05) is 15.9 Å². The van der Waals surface area contributed by atoms with Crippen LogP contribution in [0.5, 0.6) is 5.75 Å². The lowest BCUT2D eigenvalue weighted by Crippen LogP contribution is -2.26. The Balaban J connectivity index is 1.64. The van der Waals surface area contributed by atoms with Crippen molar-refractivity contribution in [1.82, 2.24) is 4.90 Å². The standard InChI is InChI=1S/C13H18BrNO/c1-15(10-11-2-3-11)8-9-16-13-6-4-12(14)5-7-13/h4-7,11H,2-3,8-10H2,1H3. The molecule has 0 aliphatic heterocycles. The molecule has 0 amide bonds. The highest BCUT2D eigenvalue weighted by molar-refractivity contribution is 9.10. The number of halogens is 1. The van der Waals surface area contributed by atoms with Crippen molar-refractivity contribution in [1.29, 1.82) is 0 Å². The summed E-state index contributed by atoms with van der Waals surface area (Å²) in [5.41, 5.74) is 0. The van der Waals surface area contributed by atoms with Gasteiger partial charge in [0.05, 0.1) is 0 Å². The van der Waals surface area contributed by atoms with E-state index in [0.717, 1.165) is 29.3 Å². The fourth-order valence-corrected chi connectivity index (χ4v) is 1.95. The molecule has 1 fully saturated rings. The number of hydrogen-bond acceptors (Lipinski definition) is 2. The maximum Gasteiger partial charge on any atom is 0.119 e. The van der Waals surface area contributed by atoms with Crippen LogP contribution >= 0.6 is 15.9 Å². The van der Waals surface area contributed by atoms with Gasteiger partial charge in [0.2, 0.25) is 0 Å². The molecule has 16 heavy (non-hydrogen) atoms. The second kappa shape index (κ2) is 5.69. The molecule has 2 nitrogen and oxygen atoms in total. The summed E-state index contributed by atoms with van der Waals surface area (Å²) in [5, 5.41) is 0. The van der Waals surface area contributed by atoms with Gasteiger partial charge < -0.3 is 9.64 Å². The van der Waals surface area contributed by atoms with Crippen molar-refractivity contribution in [2.24, 2.45) is 5.92 Å². The Morgan fingerprint density at radius 3 is 2.62 bits per heavy atom. The van der Waals surface area contributed by atoms with Crippen LogP contribution in [0.4, 0.5) is 0 Å². The second-order valence-corrected chi connectivity index (χ2v) is 5.42. The van der Waals surface area contributed by atoms with Gasteiger partial charge in [0.25, 0.3) is 0 Å². The zero-order valence-corrected chi connectivity index (χ0v) is 11.2. The van der Waals surface area contributed by atoms with Crippen LogP contribution in [0.1, 0.15) is 12.8 Å². The SMILES string of the molecule is CN(CCOc1ccc(Br)cc1)CC1CC1. The fraction of sp³-hybridized carbons (Fsp3) is 0.538. The van der Waals surface area contributed by atoms with Gasteiger partial charge in [0.1, 0.15) is 12.4 Å². The summed E-state index contributed by atoms with van der Waals surface area (Å²) in [4.78, 5) is 2.36. The lowest BCUT2D eigenvalue weighted by atomic mass is 10.3. The summed E-state index contributed by atoms with van der Waals surface area (Å²) in [5.74, 6) is 1.90. The second-order valence-electron chi connectivity index (χ2n) is 4.51. The molecule has 0 heterocycles. The average molecular weight is 284 g/mol. The van der Waals surface area contributed by atoms with Gasteiger partial charge in [-0.2, -0.15) is 0 Å². The van der Waals surface area contributed by atoms with Crippen LogP contribution in [0.2, 0.25) is 0 Å². The van der Waals surface area contributed by atoms with E-state index >= 15 is 0 Å². The third-order valence-electron chi connectivity index (χ3n) is 2.82. The Hall–Kier alpha value is -0.540. The molecule has 0 bridgehead atoms. The van der Waals surface area contributed by atoms with E-state index in [9.17, 15) is 0 Å². The highest BCUT2D eigenvalue weighted by atomic mass is 79.9. The molecule has 0 saturated heterocycles. The highest BCUT2D eigenvalue weighted by Gasteiger charge is 2.22. The smallest absolute Gasteiger partial charge is 0.119 e. The molecule has 1 aromatic rings. The van der Waals surface area contributed by atoms with Crippen LogP contribution < -0.4 is 4.74 Å². The minimum atomic E-state index is 0.769. The summed E-state index contributed by atoms with van der Waals surface area (Å²) < 4.78 is 6.76. The monoisotopic (exact) mass is 283 g/mol. The molecule has 0 radical (unpaired) electrons. The van der Waals surface area contributed by atoms with Gasteiger partial charge in [0, 0.05) is 17.6 Å². The molecule has 0 atom stereocenters. The minimum absolute atomic E-state index is 0.769. The maximum atomic E-state index is 5.67. The van der Waals surface area contributed by atoms with E-state index in [4.69, 9.17) is 4.74 Å². The quantitative estimate of drug-likeness (QED) is 0.795. The molecular weight excluding hydrogens is 266 g/mol. The van der Waals surface area contributed by atoms with E-state index in [1.54, 1.807) is 0 Å². The van der Waals surface area contributed by atoms with Gasteiger partial charge in [-0.25, -0.2) is 0 Å². The molecule has 1 saturated carbocycles. The molecule has 1 aliphatic rings. The Labute approximate surface area is 106 Å². The van der Waals surface area contributed by atoms with Crippen LogP contribution in [0.25, 0.3) is 0 Å². The number of benzene rings is 1. The van der Waals surface area contributed by atoms with E-state index in [0.29, 0.717) is 0 Å². The van der Waals surface area contributed by atoms with Gasteiger partial charge >= 0.3 is 0 Å². The summed E-state index contributed by atoms with van der Waals surface area (Å²) in [6, 6.07) is 7.99. The summed E-state index contributed by atoms with van der Waals surface area (Å²) in [6.45, 7) is 3.00. The van der Waals surface area contributed by atoms with Crippen molar-refractivity contribution >= 4 is 15.9 Å². The summed E-state index contributed by atoms with van der Waals surface area (Å²) >= 11 is 3.41. The molecule has 0 N–H and O–H groups in total. The van der Waals surface area contributed by atoms with Crippen LogP contribution in [-0.4, -0.2) is 31.6 Å². The number of nitrogens with zero attached hydrogens (tertiary/aromatic N) is 1. The Morgan fingerprint density at radius 1 is 1.31 bits per heavy atom. The zero-order valence-electron chi connectivity index (χ0n) is 9.66. The largest absolute Gasteiger partial charge is 0.492 e. The van der Waals surface area contributed by atoms with E-state index < -0.39 is 0 Å². The molecule has 1 aromatic carbocycles. The summed E-state index contributed by atoms with van der Waals surface area (Å²) in [6.07, 6.45) is 2.83. The summed E-state index contributed by atoms with van der Waals surface area (Å²) in [7, 11) is 2.17. The first-order valence-corrected chi connectivity index (χ1v) is 6.60. The predicted octanol–water partition coefficient (Wildman–Crippen LogP) is 3.17. The van der Waals surface area contributed by atoms with E-state index in [2.05, 4.69) is 27.9 Å². The lowest BCUT2D eigenvalue weighted by Gasteiger charge is -2.16. The number of hydrogen-bond donors (Lipinski definition) is 0. The van der Waals surface area contributed by atoms with Gasteiger partial charge in [-0.3, -0.25) is 0 Å². The normalized spacial score (nSPS) is 15.4. The molecule has 0 unspecified atom stereocenters. The molecule has 88 valence electrons. The molecule has 0 aromatic heterocycles. The third-order valence-corrected chi connectivity index (χ3v) is 3.35. The first-order valence-electron chi connectivity index (χ1n) is 5.81. The van der Waals surface area contributed by atoms with E-state index in [1.165, 1.54) is 19.4 Å². The minimum Gasteiger partial charge on any atom is -0.492 e. The molecule has 1 aliphatic carbocycles. The van der Waals surface area contributed by atoms with Gasteiger partial charge in [0.15, 0.2) is 0 Å². The zero-order chi connectivity index (χ0) is 11.4. The van der Waals surface area contributed by atoms with Gasteiger partial charge in [-0.15, -0.1) is 0 Å². The van der Waals surface area contributed by atoms with Crippen LogP contribution in [-0.2, 0) is 0 Å². The first-order chi connectivity index (χ1) is 7.74. The highest BCUT2D eigenvalue weighted by Crippen LogP contribution is 2.29. The third kappa shape index (κ3) is 4.14. The van der Waals surface area contributed by atoms with Crippen LogP contribution in [0, 0.1) is 5.92 Å². The lowest BCUT2D eigenvalue weighted by molar-refractivity contribution is 0.232. The first kappa shape index (κ1) is 11.9. The van der Waals surface area contributed by atoms with Crippen molar-refractivity contribution < 1.29 is 4.74 Å². The van der Waals surface area contributed by atoms with Crippen LogP contribution in [0.3, 0.4) is 0 Å². The molecule has 3 heteroatoms. The average Bonchev–Trinajstić information content (AvgIpc) is 3.05. The van der Waals surface area contributed by atoms with Crippen molar-refractivity contribution in [3.05, 3.63) is 28.7 Å². The fourth-order valence-electron chi connectivity index (χ4n) is 1.68. The molecule has 2 rings (SSSR count). The number of ether oxygens (including phenoxy) is 1. The van der Waals surface area contributed by atoms with E-state index in [-0.39, 0.29) is 0 Å². The number of likely N-dealkylation sites (N-methyl/N-ethyl adjacent to an activating group) is 1. The Kier molecular flexibility index (Phi) is 4.24. The molecular formula is C13H18BrNO. The topological polar surface area (TPSA) is 12.5 Å². The Bertz CT molecular complexity index is 321. The van der Waals surface area contributed by atoms with E-state index in [1.807, 2.05) is 24.3 Å². The van der Waals surface area contributed by atoms with Crippen molar-refractivity contribution in [2.45, 2.75) is 12.8 Å². The number of rotatable bonds is 6. The Morgan fingerprint density at radius 2 is 2.00 bits per heavy atom. The van der Waals surface area contributed by atoms with Crippen molar-refractivity contribution in [2.75, 3.05) is 26.7 Å². The van der Waals surface area contributed by atoms with Gasteiger partial charge in [-0.05, 0) is 50.1 Å².